The van der Waals surface area contributed by atoms with E-state index in [1.165, 1.54) is 12.1 Å². The van der Waals surface area contributed by atoms with Gasteiger partial charge in [-0.3, -0.25) is 4.57 Å². The van der Waals surface area contributed by atoms with Crippen LogP contribution in [-0.4, -0.2) is 9.55 Å². The topological polar surface area (TPSA) is 17.8 Å². The van der Waals surface area contributed by atoms with Crippen LogP contribution in [0.5, 0.6) is 0 Å². The molecule has 3 heteroatoms. The van der Waals surface area contributed by atoms with Gasteiger partial charge in [0.2, 0.25) is 0 Å². The number of aromatic nitrogens is 2. The maximum Gasteiger partial charge on any atom is 0.146 e. The smallest absolute Gasteiger partial charge is 0.146 e. The SMILES string of the molecule is Fc1ccc2nc3c(cc2c1)c1ccccc1n3-c1ccccc1. The van der Waals surface area contributed by atoms with Crippen LogP contribution in [-0.2, 0) is 0 Å². The zero-order valence-electron chi connectivity index (χ0n) is 12.8. The van der Waals surface area contributed by atoms with Crippen LogP contribution in [0.4, 0.5) is 4.39 Å². The second kappa shape index (κ2) is 4.90. The lowest BCUT2D eigenvalue weighted by molar-refractivity contribution is 0.629. The number of hydrogen-bond acceptors (Lipinski definition) is 1. The monoisotopic (exact) mass is 312 g/mol. The predicted octanol–water partition coefficient (Wildman–Crippen LogP) is 5.47. The Morgan fingerprint density at radius 2 is 1.54 bits per heavy atom. The fourth-order valence-electron chi connectivity index (χ4n) is 3.35. The van der Waals surface area contributed by atoms with E-state index in [0.717, 1.165) is 38.5 Å². The normalized spacial score (nSPS) is 11.5. The molecule has 2 nitrogen and oxygen atoms in total. The van der Waals surface area contributed by atoms with E-state index in [4.69, 9.17) is 4.98 Å². The lowest BCUT2D eigenvalue weighted by Gasteiger charge is -2.07. The Balaban J connectivity index is 2.01. The van der Waals surface area contributed by atoms with Crippen LogP contribution in [0.15, 0.2) is 78.9 Å². The number of halogens is 1. The van der Waals surface area contributed by atoms with E-state index in [2.05, 4.69) is 28.8 Å². The largest absolute Gasteiger partial charge is 0.294 e. The van der Waals surface area contributed by atoms with Crippen molar-refractivity contribution in [2.24, 2.45) is 0 Å². The molecule has 0 unspecified atom stereocenters. The average Bonchev–Trinajstić information content (AvgIpc) is 2.94. The van der Waals surface area contributed by atoms with Crippen LogP contribution in [0.25, 0.3) is 38.5 Å². The molecule has 0 spiro atoms. The molecule has 0 N–H and O–H groups in total. The second-order valence-corrected chi connectivity index (χ2v) is 5.88. The number of rotatable bonds is 1. The van der Waals surface area contributed by atoms with Crippen LogP contribution in [0.3, 0.4) is 0 Å². The first-order valence-corrected chi connectivity index (χ1v) is 7.86. The molecule has 0 radical (unpaired) electrons. The van der Waals surface area contributed by atoms with Gasteiger partial charge in [0.15, 0.2) is 0 Å². The second-order valence-electron chi connectivity index (χ2n) is 5.88. The van der Waals surface area contributed by atoms with Gasteiger partial charge in [-0.05, 0) is 42.5 Å². The molecule has 5 aromatic rings. The molecule has 0 aliphatic carbocycles. The van der Waals surface area contributed by atoms with Crippen LogP contribution < -0.4 is 0 Å². The summed E-state index contributed by atoms with van der Waals surface area (Å²) in [5.74, 6) is -0.240. The van der Waals surface area contributed by atoms with E-state index >= 15 is 0 Å². The summed E-state index contributed by atoms with van der Waals surface area (Å²) in [4.78, 5) is 4.83. The summed E-state index contributed by atoms with van der Waals surface area (Å²) in [6.45, 7) is 0. The summed E-state index contributed by atoms with van der Waals surface area (Å²) >= 11 is 0. The third kappa shape index (κ3) is 1.85. The van der Waals surface area contributed by atoms with Crippen LogP contribution in [0.2, 0.25) is 0 Å². The lowest BCUT2D eigenvalue weighted by atomic mass is 10.1. The molecule has 0 saturated heterocycles. The van der Waals surface area contributed by atoms with Gasteiger partial charge >= 0.3 is 0 Å². The predicted molar refractivity (Wildman–Crippen MR) is 96.0 cm³/mol. The lowest BCUT2D eigenvalue weighted by Crippen LogP contribution is -1.95. The third-order valence-electron chi connectivity index (χ3n) is 4.42. The molecular weight excluding hydrogens is 299 g/mol. The highest BCUT2D eigenvalue weighted by atomic mass is 19.1. The first-order chi connectivity index (χ1) is 11.8. The van der Waals surface area contributed by atoms with Gasteiger partial charge in [0, 0.05) is 21.8 Å². The van der Waals surface area contributed by atoms with E-state index in [0.29, 0.717) is 0 Å². The van der Waals surface area contributed by atoms with Crippen molar-refractivity contribution in [2.75, 3.05) is 0 Å². The van der Waals surface area contributed by atoms with E-state index in [-0.39, 0.29) is 5.82 Å². The van der Waals surface area contributed by atoms with Crippen molar-refractivity contribution in [2.45, 2.75) is 0 Å². The van der Waals surface area contributed by atoms with Gasteiger partial charge in [-0.15, -0.1) is 0 Å². The molecule has 0 aliphatic rings. The van der Waals surface area contributed by atoms with E-state index in [9.17, 15) is 4.39 Å². The minimum absolute atomic E-state index is 0.240. The van der Waals surface area contributed by atoms with Gasteiger partial charge in [-0.25, -0.2) is 9.37 Å². The molecule has 0 saturated carbocycles. The Morgan fingerprint density at radius 3 is 2.42 bits per heavy atom. The molecule has 2 aromatic heterocycles. The van der Waals surface area contributed by atoms with Crippen molar-refractivity contribution in [1.82, 2.24) is 9.55 Å². The molecule has 5 rings (SSSR count). The number of nitrogens with zero attached hydrogens (tertiary/aromatic N) is 2. The summed E-state index contributed by atoms with van der Waals surface area (Å²) in [6.07, 6.45) is 0. The molecule has 114 valence electrons. The highest BCUT2D eigenvalue weighted by Crippen LogP contribution is 2.32. The number of benzene rings is 3. The minimum atomic E-state index is -0.240. The third-order valence-corrected chi connectivity index (χ3v) is 4.42. The van der Waals surface area contributed by atoms with Gasteiger partial charge < -0.3 is 0 Å². The number of para-hydroxylation sites is 2. The van der Waals surface area contributed by atoms with Gasteiger partial charge in [0.25, 0.3) is 0 Å². The first-order valence-electron chi connectivity index (χ1n) is 7.86. The Morgan fingerprint density at radius 1 is 0.750 bits per heavy atom. The molecule has 3 aromatic carbocycles. The summed E-state index contributed by atoms with van der Waals surface area (Å²) in [5.41, 5.74) is 3.85. The Kier molecular flexibility index (Phi) is 2.71. The Hall–Kier alpha value is -3.20. The molecule has 0 bridgehead atoms. The zero-order chi connectivity index (χ0) is 16.1. The van der Waals surface area contributed by atoms with Crippen molar-refractivity contribution < 1.29 is 4.39 Å². The van der Waals surface area contributed by atoms with Crippen molar-refractivity contribution in [3.05, 3.63) is 84.7 Å². The Bertz CT molecular complexity index is 1210. The van der Waals surface area contributed by atoms with Crippen LogP contribution in [0.1, 0.15) is 0 Å². The van der Waals surface area contributed by atoms with Crippen molar-refractivity contribution in [3.8, 4) is 5.69 Å². The van der Waals surface area contributed by atoms with E-state index in [1.54, 1.807) is 6.07 Å². The number of fused-ring (bicyclic) bond motifs is 4. The molecule has 0 amide bonds. The summed E-state index contributed by atoms with van der Waals surface area (Å²) < 4.78 is 15.7. The maximum atomic E-state index is 13.6. The number of hydrogen-bond donors (Lipinski definition) is 0. The molecular formula is C21H13FN2. The standard InChI is InChI=1S/C21H13FN2/c22-15-10-11-19-14(12-15)13-18-17-8-4-5-9-20(17)24(21(18)23-19)16-6-2-1-3-7-16/h1-13H. The van der Waals surface area contributed by atoms with E-state index < -0.39 is 0 Å². The Labute approximate surface area is 137 Å². The maximum absolute atomic E-state index is 13.6. The summed E-state index contributed by atoms with van der Waals surface area (Å²) in [6, 6.07) is 25.2. The van der Waals surface area contributed by atoms with Gasteiger partial charge in [0.1, 0.15) is 11.5 Å². The fraction of sp³-hybridized carbons (Fsp3) is 0. The molecule has 2 heterocycles. The highest BCUT2D eigenvalue weighted by Gasteiger charge is 2.14. The zero-order valence-corrected chi connectivity index (χ0v) is 12.8. The van der Waals surface area contributed by atoms with Crippen LogP contribution >= 0.6 is 0 Å². The minimum Gasteiger partial charge on any atom is -0.294 e. The molecule has 24 heavy (non-hydrogen) atoms. The van der Waals surface area contributed by atoms with Gasteiger partial charge in [0.05, 0.1) is 11.0 Å². The van der Waals surface area contributed by atoms with Gasteiger partial charge in [-0.2, -0.15) is 0 Å². The molecule has 0 atom stereocenters. The number of pyridine rings is 1. The quantitative estimate of drug-likeness (QED) is 0.401. The average molecular weight is 312 g/mol. The molecule has 0 fully saturated rings. The van der Waals surface area contributed by atoms with Gasteiger partial charge in [-0.1, -0.05) is 36.4 Å². The first kappa shape index (κ1) is 13.3. The highest BCUT2D eigenvalue weighted by molar-refractivity contribution is 6.11. The van der Waals surface area contributed by atoms with Crippen molar-refractivity contribution in [3.63, 3.8) is 0 Å². The van der Waals surface area contributed by atoms with Crippen molar-refractivity contribution in [1.29, 1.82) is 0 Å². The van der Waals surface area contributed by atoms with Crippen molar-refractivity contribution >= 4 is 32.8 Å². The van der Waals surface area contributed by atoms with Crippen LogP contribution in [0, 0.1) is 5.82 Å². The summed E-state index contributed by atoms with van der Waals surface area (Å²) in [5, 5.41) is 2.97. The summed E-state index contributed by atoms with van der Waals surface area (Å²) in [7, 11) is 0. The fourth-order valence-corrected chi connectivity index (χ4v) is 3.35. The molecule has 0 aliphatic heterocycles. The van der Waals surface area contributed by atoms with E-state index in [1.807, 2.05) is 36.4 Å².